The molecule has 3 atom stereocenters. The van der Waals surface area contributed by atoms with E-state index in [1.807, 2.05) is 26.8 Å². The highest BCUT2D eigenvalue weighted by molar-refractivity contribution is 5.77. The number of hydrogen-bond donors (Lipinski definition) is 2. The van der Waals surface area contributed by atoms with E-state index < -0.39 is 40.5 Å². The molecule has 0 radical (unpaired) electrons. The summed E-state index contributed by atoms with van der Waals surface area (Å²) in [5.41, 5.74) is 0. The molecule has 3 unspecified atom stereocenters. The number of hydrogen-bond acceptors (Lipinski definition) is 4. The summed E-state index contributed by atoms with van der Waals surface area (Å²) in [4.78, 5) is 37.4. The van der Waals surface area contributed by atoms with Gasteiger partial charge in [0.05, 0.1) is 12.5 Å². The van der Waals surface area contributed by atoms with Gasteiger partial charge in [0.2, 0.25) is 0 Å². The summed E-state index contributed by atoms with van der Waals surface area (Å²) < 4.78 is -0.436. The Morgan fingerprint density at radius 2 is 1.03 bits per heavy atom. The van der Waals surface area contributed by atoms with Crippen LogP contribution < -0.4 is 5.11 Å². The zero-order chi connectivity index (χ0) is 28.1. The van der Waals surface area contributed by atoms with Crippen molar-refractivity contribution in [3.8, 4) is 0 Å². The third-order valence-corrected chi connectivity index (χ3v) is 7.72. The molecule has 0 aromatic heterocycles. The van der Waals surface area contributed by atoms with Gasteiger partial charge in [0.25, 0.3) is 0 Å². The lowest BCUT2D eigenvalue weighted by Crippen LogP contribution is -2.74. The smallest absolute Gasteiger partial charge is 0.362 e. The Bertz CT molecular complexity index is 590. The largest absolute Gasteiger partial charge is 0.544 e. The van der Waals surface area contributed by atoms with Crippen molar-refractivity contribution < 1.29 is 34.2 Å². The Morgan fingerprint density at radius 3 is 1.35 bits per heavy atom. The Kier molecular flexibility index (Phi) is 20.0. The van der Waals surface area contributed by atoms with Crippen molar-refractivity contribution >= 4 is 17.9 Å². The molecule has 7 nitrogen and oxygen atoms in total. The van der Waals surface area contributed by atoms with Crippen molar-refractivity contribution in [2.45, 2.75) is 154 Å². The summed E-state index contributed by atoms with van der Waals surface area (Å²) in [5.74, 6) is -3.57. The van der Waals surface area contributed by atoms with Crippen molar-refractivity contribution in [1.29, 1.82) is 0 Å². The number of carbonyl (C=O) groups excluding carboxylic acids is 1. The van der Waals surface area contributed by atoms with Crippen LogP contribution in [0.1, 0.15) is 136 Å². The maximum absolute atomic E-state index is 12.5. The minimum absolute atomic E-state index is 0.205. The van der Waals surface area contributed by atoms with E-state index in [1.165, 1.54) is 38.5 Å². The van der Waals surface area contributed by atoms with Gasteiger partial charge in [-0.2, -0.15) is 0 Å². The van der Waals surface area contributed by atoms with Crippen LogP contribution in [0.2, 0.25) is 0 Å². The van der Waals surface area contributed by atoms with Crippen molar-refractivity contribution in [2.75, 3.05) is 6.54 Å². The van der Waals surface area contributed by atoms with Crippen LogP contribution in [0.3, 0.4) is 0 Å². The Hall–Kier alpha value is -1.89. The molecule has 0 aliphatic heterocycles. The van der Waals surface area contributed by atoms with Gasteiger partial charge in [-0.15, -0.1) is 6.58 Å². The molecule has 7 heteroatoms. The molecule has 216 valence electrons. The highest BCUT2D eigenvalue weighted by Crippen LogP contribution is 2.34. The highest BCUT2D eigenvalue weighted by Gasteiger charge is 2.54. The highest BCUT2D eigenvalue weighted by atomic mass is 16.4. The van der Waals surface area contributed by atoms with Crippen molar-refractivity contribution in [2.24, 2.45) is 0 Å². The van der Waals surface area contributed by atoms with E-state index in [-0.39, 0.29) is 25.8 Å². The van der Waals surface area contributed by atoms with Gasteiger partial charge in [-0.3, -0.25) is 4.48 Å². The van der Waals surface area contributed by atoms with Gasteiger partial charge in [0, 0.05) is 19.3 Å². The summed E-state index contributed by atoms with van der Waals surface area (Å²) in [6, 6.07) is -3.33. The number of quaternary nitrogens is 1. The van der Waals surface area contributed by atoms with Crippen molar-refractivity contribution in [3.63, 3.8) is 0 Å². The molecule has 0 bridgehead atoms. The number of unbranched alkanes of at least 4 members (excludes halogenated alkanes) is 11. The minimum atomic E-state index is -1.34. The topological polar surface area (TPSA) is 115 Å². The van der Waals surface area contributed by atoms with Gasteiger partial charge in [-0.25, -0.2) is 9.59 Å². The normalized spacial score (nSPS) is 15.4. The number of carboxylic acids is 3. The lowest BCUT2D eigenvalue weighted by molar-refractivity contribution is -0.975. The maximum atomic E-state index is 12.5. The molecule has 0 saturated carbocycles. The lowest BCUT2D eigenvalue weighted by Gasteiger charge is -2.52. The van der Waals surface area contributed by atoms with E-state index in [2.05, 4.69) is 6.58 Å². The van der Waals surface area contributed by atoms with Crippen LogP contribution in [-0.4, -0.2) is 57.3 Å². The predicted molar refractivity (Wildman–Crippen MR) is 147 cm³/mol. The Morgan fingerprint density at radius 1 is 0.676 bits per heavy atom. The molecule has 0 amide bonds. The molecular formula is C30H55NO6. The van der Waals surface area contributed by atoms with Crippen LogP contribution in [0, 0.1) is 0 Å². The molecule has 0 rings (SSSR count). The number of carboxylic acid groups (broad SMARTS) is 3. The van der Waals surface area contributed by atoms with Crippen molar-refractivity contribution in [3.05, 3.63) is 12.7 Å². The summed E-state index contributed by atoms with van der Waals surface area (Å²) in [6.45, 7) is 9.54. The number of rotatable bonds is 26. The Balaban J connectivity index is 5.40. The average molecular weight is 526 g/mol. The number of carbonyl (C=O) groups is 3. The molecule has 0 aromatic carbocycles. The van der Waals surface area contributed by atoms with E-state index in [0.717, 1.165) is 32.1 Å². The number of nitrogens with zero attached hydrogens (tertiary/aromatic N) is 1. The molecule has 0 aromatic rings. The maximum Gasteiger partial charge on any atom is 0.362 e. The van der Waals surface area contributed by atoms with Crippen LogP contribution in [0.4, 0.5) is 0 Å². The lowest BCUT2D eigenvalue weighted by atomic mass is 9.91. The average Bonchev–Trinajstić information content (AvgIpc) is 2.85. The van der Waals surface area contributed by atoms with E-state index in [4.69, 9.17) is 0 Å². The quantitative estimate of drug-likeness (QED) is 0.0801. The van der Waals surface area contributed by atoms with Gasteiger partial charge in [0.1, 0.15) is 6.04 Å². The van der Waals surface area contributed by atoms with Gasteiger partial charge < -0.3 is 20.1 Å². The fourth-order valence-corrected chi connectivity index (χ4v) is 5.90. The van der Waals surface area contributed by atoms with E-state index >= 15 is 0 Å². The fourth-order valence-electron chi connectivity index (χ4n) is 5.90. The third kappa shape index (κ3) is 12.5. The standard InChI is InChI=1S/C30H55NO6/c1-5-9-10-11-12-13-14-15-16-17-18-19-20-24-31(25(21-6-2)28(32)33,26(22-7-3)29(34)35)27(23-8-4)30(36)37/h5,25-27H,1,6-24H2,2-4H3,(H2-,32,33,34,35,36,37). The first-order valence-electron chi connectivity index (χ1n) is 14.9. The van der Waals surface area contributed by atoms with Crippen LogP contribution in [-0.2, 0) is 14.4 Å². The SMILES string of the molecule is C=CCCCCCCCCCCCCC[N+](C(CCC)C(=O)[O-])(C(CCC)C(=O)O)C(CCC)C(=O)O. The predicted octanol–water partition coefficient (Wildman–Crippen LogP) is 6.10. The summed E-state index contributed by atoms with van der Waals surface area (Å²) in [5, 5.41) is 32.8. The number of allylic oxidation sites excluding steroid dienone is 1. The van der Waals surface area contributed by atoms with E-state index in [0.29, 0.717) is 25.7 Å². The van der Waals surface area contributed by atoms with E-state index in [9.17, 15) is 29.7 Å². The monoisotopic (exact) mass is 525 g/mol. The molecule has 37 heavy (non-hydrogen) atoms. The zero-order valence-electron chi connectivity index (χ0n) is 23.9. The molecule has 0 aliphatic rings. The van der Waals surface area contributed by atoms with Gasteiger partial charge in [-0.05, 0) is 38.5 Å². The van der Waals surface area contributed by atoms with Gasteiger partial charge >= 0.3 is 11.9 Å². The molecule has 0 aliphatic carbocycles. The first-order valence-corrected chi connectivity index (χ1v) is 14.9. The van der Waals surface area contributed by atoms with Crippen LogP contribution in [0.25, 0.3) is 0 Å². The minimum Gasteiger partial charge on any atom is -0.544 e. The molecule has 0 fully saturated rings. The van der Waals surface area contributed by atoms with E-state index in [1.54, 1.807) is 0 Å². The third-order valence-electron chi connectivity index (χ3n) is 7.72. The van der Waals surface area contributed by atoms with Gasteiger partial charge in [0.15, 0.2) is 12.1 Å². The van der Waals surface area contributed by atoms with Crippen LogP contribution in [0.15, 0.2) is 12.7 Å². The van der Waals surface area contributed by atoms with Crippen LogP contribution in [0.5, 0.6) is 0 Å². The van der Waals surface area contributed by atoms with Crippen LogP contribution >= 0.6 is 0 Å². The summed E-state index contributed by atoms with van der Waals surface area (Å²) in [7, 11) is 0. The van der Waals surface area contributed by atoms with Crippen molar-refractivity contribution in [1.82, 2.24) is 0 Å². The molecule has 0 spiro atoms. The summed E-state index contributed by atoms with van der Waals surface area (Å²) >= 11 is 0. The first kappa shape index (κ1) is 35.1. The molecular weight excluding hydrogens is 470 g/mol. The second kappa shape index (κ2) is 21.1. The Labute approximate surface area is 225 Å². The second-order valence-electron chi connectivity index (χ2n) is 10.6. The number of aliphatic carboxylic acids is 3. The summed E-state index contributed by atoms with van der Waals surface area (Å²) in [6.07, 6.45) is 17.5. The second-order valence-corrected chi connectivity index (χ2v) is 10.6. The van der Waals surface area contributed by atoms with Gasteiger partial charge in [-0.1, -0.05) is 84.6 Å². The molecule has 2 N–H and O–H groups in total. The zero-order valence-corrected chi connectivity index (χ0v) is 23.9. The first-order chi connectivity index (χ1) is 17.7. The molecule has 0 heterocycles. The molecule has 0 saturated heterocycles. The fraction of sp³-hybridized carbons (Fsp3) is 0.833.